The van der Waals surface area contributed by atoms with Crippen LogP contribution in [0.25, 0.3) is 0 Å². The van der Waals surface area contributed by atoms with Crippen LogP contribution in [0.4, 0.5) is 0 Å². The zero-order valence-electron chi connectivity index (χ0n) is 22.4. The normalized spacial score (nSPS) is 47.1. The second-order valence-corrected chi connectivity index (χ2v) is 16.5. The molecule has 2 N–H and O–H groups in total. The molecule has 0 saturated heterocycles. The van der Waals surface area contributed by atoms with Gasteiger partial charge in [-0.15, -0.1) is 0 Å². The van der Waals surface area contributed by atoms with Crippen LogP contribution < -0.4 is 0 Å². The van der Waals surface area contributed by atoms with E-state index in [1.54, 1.807) is 12.5 Å². The summed E-state index contributed by atoms with van der Waals surface area (Å²) in [6.07, 6.45) is 12.9. The summed E-state index contributed by atoms with van der Waals surface area (Å²) in [5.41, 5.74) is -1.21. The molecule has 4 nitrogen and oxygen atoms in total. The summed E-state index contributed by atoms with van der Waals surface area (Å²) >= 11 is 0. The molecule has 1 unspecified atom stereocenters. The minimum absolute atomic E-state index is 0.278. The zero-order valence-corrected chi connectivity index (χ0v) is 23.8. The van der Waals surface area contributed by atoms with Crippen molar-refractivity contribution in [2.24, 2.45) is 34.5 Å². The fourth-order valence-corrected chi connectivity index (χ4v) is 10.1. The molecule has 5 rings (SSSR count). The van der Waals surface area contributed by atoms with Crippen LogP contribution in [0.1, 0.15) is 105 Å². The van der Waals surface area contributed by atoms with Gasteiger partial charge in [-0.25, -0.2) is 0 Å². The largest absolute Gasteiger partial charge is 0.472 e. The lowest BCUT2D eigenvalue weighted by atomic mass is 9.43. The van der Waals surface area contributed by atoms with Crippen LogP contribution in [0.3, 0.4) is 0 Å². The van der Waals surface area contributed by atoms with Crippen molar-refractivity contribution in [1.29, 1.82) is 0 Å². The van der Waals surface area contributed by atoms with Crippen LogP contribution in [-0.2, 0) is 10.0 Å². The molecule has 4 saturated carbocycles. The molecule has 0 spiro atoms. The monoisotopic (exact) mass is 488 g/mol. The van der Waals surface area contributed by atoms with Gasteiger partial charge in [0.2, 0.25) is 0 Å². The number of fused-ring (bicyclic) bond motifs is 5. The van der Waals surface area contributed by atoms with Gasteiger partial charge in [-0.05, 0) is 98.0 Å². The summed E-state index contributed by atoms with van der Waals surface area (Å²) < 4.78 is 12.0. The summed E-state index contributed by atoms with van der Waals surface area (Å²) in [4.78, 5) is 0. The van der Waals surface area contributed by atoms with E-state index in [1.807, 2.05) is 6.07 Å². The molecule has 0 aromatic carbocycles. The first-order chi connectivity index (χ1) is 15.9. The van der Waals surface area contributed by atoms with Crippen molar-refractivity contribution in [3.05, 3.63) is 24.2 Å². The third-order valence-corrected chi connectivity index (χ3v) is 14.4. The lowest BCUT2D eigenvalue weighted by Gasteiger charge is -2.64. The van der Waals surface area contributed by atoms with E-state index in [0.717, 1.165) is 24.8 Å². The predicted octanol–water partition coefficient (Wildman–Crippen LogP) is 5.95. The molecule has 1 aromatic heterocycles. The highest BCUT2D eigenvalue weighted by Gasteiger charge is 2.72. The number of hydrogen-bond donors (Lipinski definition) is 2. The van der Waals surface area contributed by atoms with Gasteiger partial charge >= 0.3 is 0 Å². The number of aliphatic hydroxyl groups is 2. The fourth-order valence-electron chi connectivity index (χ4n) is 8.82. The third-order valence-electron chi connectivity index (χ3n) is 12.2. The van der Waals surface area contributed by atoms with Gasteiger partial charge in [0.1, 0.15) is 5.60 Å². The van der Waals surface area contributed by atoms with Gasteiger partial charge in [-0.1, -0.05) is 41.5 Å². The second kappa shape index (κ2) is 8.19. The van der Waals surface area contributed by atoms with E-state index >= 15 is 0 Å². The van der Waals surface area contributed by atoms with Crippen LogP contribution in [-0.4, -0.2) is 31.7 Å². The Kier molecular flexibility index (Phi) is 6.03. The van der Waals surface area contributed by atoms with Crippen molar-refractivity contribution in [1.82, 2.24) is 0 Å². The van der Waals surface area contributed by atoms with E-state index in [0.29, 0.717) is 41.7 Å². The smallest absolute Gasteiger partial charge is 0.167 e. The summed E-state index contributed by atoms with van der Waals surface area (Å²) in [7, 11) is -0.567. The molecule has 8 atom stereocenters. The molecule has 192 valence electrons. The van der Waals surface area contributed by atoms with Crippen LogP contribution in [0, 0.1) is 34.5 Å². The Morgan fingerprint density at radius 1 is 1.03 bits per heavy atom. The van der Waals surface area contributed by atoms with Crippen LogP contribution >= 0.6 is 0 Å². The fraction of sp³-hybridized carbons (Fsp3) is 0.862. The van der Waals surface area contributed by atoms with Crippen molar-refractivity contribution < 1.29 is 19.1 Å². The highest BCUT2D eigenvalue weighted by Crippen LogP contribution is 2.71. The Morgan fingerprint density at radius 3 is 2.47 bits per heavy atom. The molecular formula is C29H48O4Si. The van der Waals surface area contributed by atoms with Gasteiger partial charge in [0.25, 0.3) is 0 Å². The van der Waals surface area contributed by atoms with E-state index in [9.17, 15) is 10.2 Å². The zero-order chi connectivity index (χ0) is 24.6. The quantitative estimate of drug-likeness (QED) is 0.503. The average molecular weight is 489 g/mol. The molecule has 1 heterocycles. The van der Waals surface area contributed by atoms with Crippen molar-refractivity contribution in [3.8, 4) is 0 Å². The van der Waals surface area contributed by atoms with Crippen LogP contribution in [0.15, 0.2) is 23.0 Å². The van der Waals surface area contributed by atoms with Gasteiger partial charge in [0, 0.05) is 17.1 Å². The Labute approximate surface area is 209 Å². The molecule has 4 aliphatic rings. The number of furan rings is 1. The summed E-state index contributed by atoms with van der Waals surface area (Å²) in [5.74, 6) is 2.19. The van der Waals surface area contributed by atoms with Crippen molar-refractivity contribution in [3.63, 3.8) is 0 Å². The maximum absolute atomic E-state index is 12.4. The third kappa shape index (κ3) is 3.39. The van der Waals surface area contributed by atoms with Gasteiger partial charge in [-0.2, -0.15) is 0 Å². The molecular weight excluding hydrogens is 440 g/mol. The van der Waals surface area contributed by atoms with Crippen molar-refractivity contribution in [2.45, 2.75) is 122 Å². The Hall–Kier alpha value is -0.623. The van der Waals surface area contributed by atoms with E-state index in [-0.39, 0.29) is 11.3 Å². The molecule has 4 aliphatic carbocycles. The first-order valence-corrected chi connectivity index (χ1v) is 15.2. The minimum Gasteiger partial charge on any atom is -0.472 e. The van der Waals surface area contributed by atoms with E-state index < -0.39 is 26.4 Å². The lowest BCUT2D eigenvalue weighted by molar-refractivity contribution is -0.238. The lowest BCUT2D eigenvalue weighted by Crippen LogP contribution is -2.64. The summed E-state index contributed by atoms with van der Waals surface area (Å²) in [5, 5.41) is 24.6. The predicted molar refractivity (Wildman–Crippen MR) is 138 cm³/mol. The molecule has 34 heavy (non-hydrogen) atoms. The maximum atomic E-state index is 12.4. The van der Waals surface area contributed by atoms with E-state index in [2.05, 4.69) is 41.5 Å². The molecule has 1 aromatic rings. The first-order valence-electron chi connectivity index (χ1n) is 14.0. The summed E-state index contributed by atoms with van der Waals surface area (Å²) in [6.45, 7) is 14.1. The standard InChI is InChI=1S/C29H48O4Si/c1-19(2)25(3,4)34-33-22-9-12-26(5)20(17-22)7-8-24-23(26)10-13-27(6)28(30,14-15-29(24,27)31)21-11-16-32-18-21/h11,16,18-20,22-24,30-31H,7-10,12-15,17,34H2,1-6H3/t20-,22?,23+,24-,26+,27-,28+,29+/m1/s1. The summed E-state index contributed by atoms with van der Waals surface area (Å²) in [6, 6.07) is 1.90. The van der Waals surface area contributed by atoms with Gasteiger partial charge in [0.15, 0.2) is 9.76 Å². The Balaban J connectivity index is 1.33. The second-order valence-electron chi connectivity index (χ2n) is 14.0. The maximum Gasteiger partial charge on any atom is 0.167 e. The number of rotatable bonds is 5. The SMILES string of the molecule is CC(C)C(C)(C)[SiH2]OC1CC[C@@]2(C)[C@H](CC[C@@H]3[C@@H]2CC[C@]2(C)[C@@](O)(c4ccoc4)CC[C@]32O)C1. The van der Waals surface area contributed by atoms with Crippen molar-refractivity contribution >= 4 is 9.76 Å². The highest BCUT2D eigenvalue weighted by atomic mass is 28.2. The van der Waals surface area contributed by atoms with Crippen LogP contribution in [0.2, 0.25) is 5.04 Å². The molecule has 0 amide bonds. The molecule has 0 aliphatic heterocycles. The van der Waals surface area contributed by atoms with E-state index in [1.165, 1.54) is 25.7 Å². The van der Waals surface area contributed by atoms with Crippen molar-refractivity contribution in [2.75, 3.05) is 0 Å². The molecule has 0 bridgehead atoms. The Morgan fingerprint density at radius 2 is 1.79 bits per heavy atom. The molecule has 4 fully saturated rings. The topological polar surface area (TPSA) is 62.8 Å². The average Bonchev–Trinajstić information content (AvgIpc) is 3.40. The Bertz CT molecular complexity index is 883. The van der Waals surface area contributed by atoms with E-state index in [4.69, 9.17) is 8.84 Å². The van der Waals surface area contributed by atoms with Crippen LogP contribution in [0.5, 0.6) is 0 Å². The highest BCUT2D eigenvalue weighted by molar-refractivity contribution is 6.32. The first kappa shape index (κ1) is 25.0. The van der Waals surface area contributed by atoms with Gasteiger partial charge in [0.05, 0.1) is 18.1 Å². The minimum atomic E-state index is -1.00. The van der Waals surface area contributed by atoms with Gasteiger partial charge < -0.3 is 19.1 Å². The molecule has 5 heteroatoms. The molecule has 0 radical (unpaired) electrons. The van der Waals surface area contributed by atoms with Gasteiger partial charge in [-0.3, -0.25) is 0 Å². The number of hydrogen-bond acceptors (Lipinski definition) is 4.